The first kappa shape index (κ1) is 17.3. The van der Waals surface area contributed by atoms with Gasteiger partial charge in [-0.2, -0.15) is 0 Å². The Kier molecular flexibility index (Phi) is 6.44. The fraction of sp³-hybridized carbons (Fsp3) is 0.368. The molecule has 0 aliphatic rings. The third kappa shape index (κ3) is 4.98. The molecule has 0 radical (unpaired) electrons. The van der Waals surface area contributed by atoms with Crippen molar-refractivity contribution >= 4 is 0 Å². The number of benzene rings is 2. The molecule has 0 fully saturated rings. The molecule has 0 saturated heterocycles. The molecule has 4 nitrogen and oxygen atoms in total. The summed E-state index contributed by atoms with van der Waals surface area (Å²) in [4.78, 5) is 0. The summed E-state index contributed by atoms with van der Waals surface area (Å²) in [5, 5.41) is 26.5. The minimum atomic E-state index is 0.117. The molecule has 0 amide bonds. The fourth-order valence-corrected chi connectivity index (χ4v) is 2.65. The number of phenols is 2. The Labute approximate surface area is 138 Å². The zero-order valence-corrected chi connectivity index (χ0v) is 13.8. The molecule has 0 aliphatic heterocycles. The largest absolute Gasteiger partial charge is 0.508 e. The highest BCUT2D eigenvalue weighted by molar-refractivity contribution is 5.34. The van der Waals surface area contributed by atoms with Gasteiger partial charge in [-0.05, 0) is 45.5 Å². The van der Waals surface area contributed by atoms with Crippen LogP contribution in [0.3, 0.4) is 0 Å². The molecule has 2 aromatic rings. The first-order chi connectivity index (χ1) is 11.1. The average Bonchev–Trinajstić information content (AvgIpc) is 2.55. The molecule has 2 rings (SSSR count). The lowest BCUT2D eigenvalue weighted by molar-refractivity contribution is 0.443. The molecule has 0 aromatic heterocycles. The molecular formula is C19H26N2O2. The van der Waals surface area contributed by atoms with Crippen LogP contribution in [0, 0.1) is 0 Å². The number of nitrogens with one attached hydrogen (secondary N) is 2. The molecule has 0 heterocycles. The minimum Gasteiger partial charge on any atom is -0.508 e. The maximum absolute atomic E-state index is 9.83. The van der Waals surface area contributed by atoms with Crippen molar-refractivity contribution in [1.29, 1.82) is 0 Å². The third-order valence-corrected chi connectivity index (χ3v) is 4.06. The van der Waals surface area contributed by atoms with Gasteiger partial charge in [-0.1, -0.05) is 36.4 Å². The molecule has 4 heteroatoms. The highest BCUT2D eigenvalue weighted by Gasteiger charge is 2.10. The van der Waals surface area contributed by atoms with Crippen molar-refractivity contribution in [3.63, 3.8) is 0 Å². The number of para-hydroxylation sites is 2. The van der Waals surface area contributed by atoms with E-state index in [2.05, 4.69) is 10.6 Å². The Hall–Kier alpha value is -2.04. The van der Waals surface area contributed by atoms with Crippen molar-refractivity contribution in [3.8, 4) is 11.5 Å². The van der Waals surface area contributed by atoms with Crippen LogP contribution in [-0.2, 0) is 0 Å². The number of hydrogen-bond donors (Lipinski definition) is 4. The Morgan fingerprint density at radius 2 is 1.13 bits per heavy atom. The maximum Gasteiger partial charge on any atom is 0.120 e. The Morgan fingerprint density at radius 1 is 0.739 bits per heavy atom. The summed E-state index contributed by atoms with van der Waals surface area (Å²) >= 11 is 0. The summed E-state index contributed by atoms with van der Waals surface area (Å²) in [5.41, 5.74) is 1.84. The van der Waals surface area contributed by atoms with Crippen LogP contribution in [0.4, 0.5) is 0 Å². The highest BCUT2D eigenvalue weighted by atomic mass is 16.3. The number of aromatic hydroxyl groups is 2. The summed E-state index contributed by atoms with van der Waals surface area (Å²) in [5.74, 6) is 0.664. The quantitative estimate of drug-likeness (QED) is 0.563. The van der Waals surface area contributed by atoms with E-state index in [9.17, 15) is 10.2 Å². The first-order valence-electron chi connectivity index (χ1n) is 8.12. The maximum atomic E-state index is 9.83. The second-order valence-corrected chi connectivity index (χ2v) is 5.82. The van der Waals surface area contributed by atoms with Crippen molar-refractivity contribution in [2.24, 2.45) is 0 Å². The highest BCUT2D eigenvalue weighted by Crippen LogP contribution is 2.23. The van der Waals surface area contributed by atoms with Crippen molar-refractivity contribution in [2.75, 3.05) is 13.1 Å². The van der Waals surface area contributed by atoms with Crippen molar-refractivity contribution in [2.45, 2.75) is 32.4 Å². The second-order valence-electron chi connectivity index (χ2n) is 5.82. The Morgan fingerprint density at radius 3 is 1.52 bits per heavy atom. The summed E-state index contributed by atoms with van der Waals surface area (Å²) in [6, 6.07) is 15.1. The van der Waals surface area contributed by atoms with Crippen molar-refractivity contribution < 1.29 is 10.2 Å². The molecule has 0 aliphatic carbocycles. The lowest BCUT2D eigenvalue weighted by Crippen LogP contribution is -2.25. The molecule has 0 saturated carbocycles. The van der Waals surface area contributed by atoms with Crippen LogP contribution in [0.15, 0.2) is 48.5 Å². The van der Waals surface area contributed by atoms with E-state index < -0.39 is 0 Å². The van der Waals surface area contributed by atoms with Gasteiger partial charge in [0.15, 0.2) is 0 Å². The van der Waals surface area contributed by atoms with Gasteiger partial charge in [-0.15, -0.1) is 0 Å². The van der Waals surface area contributed by atoms with E-state index in [1.54, 1.807) is 12.1 Å². The van der Waals surface area contributed by atoms with Gasteiger partial charge in [0.25, 0.3) is 0 Å². The summed E-state index contributed by atoms with van der Waals surface area (Å²) in [7, 11) is 0. The topological polar surface area (TPSA) is 64.5 Å². The van der Waals surface area contributed by atoms with Crippen LogP contribution in [-0.4, -0.2) is 23.3 Å². The van der Waals surface area contributed by atoms with Crippen molar-refractivity contribution in [1.82, 2.24) is 10.6 Å². The smallest absolute Gasteiger partial charge is 0.120 e. The standard InChI is InChI=1S/C19H26N2O2/c1-14(16-8-3-5-10-18(16)22)20-12-7-13-21-15(2)17-9-4-6-11-19(17)23/h3-6,8-11,14-15,20-23H,7,12-13H2,1-2H3. The normalized spacial score (nSPS) is 13.7. The fourth-order valence-electron chi connectivity index (χ4n) is 2.65. The van der Waals surface area contributed by atoms with Gasteiger partial charge in [0.2, 0.25) is 0 Å². The molecule has 2 unspecified atom stereocenters. The van der Waals surface area contributed by atoms with E-state index in [4.69, 9.17) is 0 Å². The monoisotopic (exact) mass is 314 g/mol. The van der Waals surface area contributed by atoms with Crippen molar-refractivity contribution in [3.05, 3.63) is 59.7 Å². The second kappa shape index (κ2) is 8.56. The minimum absolute atomic E-state index is 0.117. The van der Waals surface area contributed by atoms with Crippen LogP contribution in [0.25, 0.3) is 0 Å². The van der Waals surface area contributed by atoms with Crippen LogP contribution in [0.1, 0.15) is 43.5 Å². The van der Waals surface area contributed by atoms with E-state index in [0.29, 0.717) is 11.5 Å². The molecule has 4 N–H and O–H groups in total. The summed E-state index contributed by atoms with van der Waals surface area (Å²) in [6.07, 6.45) is 0.968. The van der Waals surface area contributed by atoms with Gasteiger partial charge in [-0.25, -0.2) is 0 Å². The van der Waals surface area contributed by atoms with E-state index in [1.807, 2.05) is 50.2 Å². The van der Waals surface area contributed by atoms with Crippen LogP contribution in [0.5, 0.6) is 11.5 Å². The van der Waals surface area contributed by atoms with Gasteiger partial charge in [0, 0.05) is 23.2 Å². The Bertz CT molecular complexity index is 562. The van der Waals surface area contributed by atoms with Gasteiger partial charge in [-0.3, -0.25) is 0 Å². The van der Waals surface area contributed by atoms with Crippen LogP contribution in [0.2, 0.25) is 0 Å². The van der Waals surface area contributed by atoms with E-state index in [-0.39, 0.29) is 12.1 Å². The Balaban J connectivity index is 1.70. The lowest BCUT2D eigenvalue weighted by atomic mass is 10.1. The third-order valence-electron chi connectivity index (χ3n) is 4.06. The number of rotatable bonds is 8. The first-order valence-corrected chi connectivity index (χ1v) is 8.12. The zero-order chi connectivity index (χ0) is 16.7. The SMILES string of the molecule is CC(NCCCNC(C)c1ccccc1O)c1ccccc1O. The van der Waals surface area contributed by atoms with E-state index in [0.717, 1.165) is 30.6 Å². The zero-order valence-electron chi connectivity index (χ0n) is 13.8. The molecule has 0 spiro atoms. The number of hydrogen-bond acceptors (Lipinski definition) is 4. The summed E-state index contributed by atoms with van der Waals surface area (Å²) in [6.45, 7) is 5.81. The van der Waals surface area contributed by atoms with Gasteiger partial charge >= 0.3 is 0 Å². The molecule has 0 bridgehead atoms. The molecule has 124 valence electrons. The predicted octanol–water partition coefficient (Wildman–Crippen LogP) is 3.49. The predicted molar refractivity (Wildman–Crippen MR) is 93.7 cm³/mol. The molecular weight excluding hydrogens is 288 g/mol. The van der Waals surface area contributed by atoms with E-state index >= 15 is 0 Å². The summed E-state index contributed by atoms with van der Waals surface area (Å²) < 4.78 is 0. The average molecular weight is 314 g/mol. The molecule has 2 atom stereocenters. The number of phenolic OH excluding ortho intramolecular Hbond substituents is 2. The van der Waals surface area contributed by atoms with E-state index in [1.165, 1.54) is 0 Å². The van der Waals surface area contributed by atoms with Gasteiger partial charge in [0.1, 0.15) is 11.5 Å². The molecule has 23 heavy (non-hydrogen) atoms. The molecule has 2 aromatic carbocycles. The van der Waals surface area contributed by atoms with Crippen LogP contribution >= 0.6 is 0 Å². The van der Waals surface area contributed by atoms with Gasteiger partial charge in [0.05, 0.1) is 0 Å². The van der Waals surface area contributed by atoms with Crippen LogP contribution < -0.4 is 10.6 Å². The lowest BCUT2D eigenvalue weighted by Gasteiger charge is -2.17. The van der Waals surface area contributed by atoms with Gasteiger partial charge < -0.3 is 20.8 Å².